The van der Waals surface area contributed by atoms with Crippen LogP contribution in [0.5, 0.6) is 5.75 Å². The van der Waals surface area contributed by atoms with Crippen LogP contribution in [0.1, 0.15) is 19.4 Å². The summed E-state index contributed by atoms with van der Waals surface area (Å²) in [6, 6.07) is 11.6. The molecule has 0 fully saturated rings. The third-order valence-electron chi connectivity index (χ3n) is 3.11. The third-order valence-corrected chi connectivity index (χ3v) is 3.11. The Hall–Kier alpha value is -1.54. The smallest absolute Gasteiger partial charge is 0.116 e. The van der Waals surface area contributed by atoms with Crippen molar-refractivity contribution in [1.29, 1.82) is 0 Å². The Kier molecular flexibility index (Phi) is 2.60. The van der Waals surface area contributed by atoms with Gasteiger partial charge in [-0.25, -0.2) is 0 Å². The molecule has 2 aromatic rings. The number of hydrogen-bond donors (Lipinski definition) is 2. The largest absolute Gasteiger partial charge is 0.508 e. The molecule has 0 heterocycles. The molecule has 84 valence electrons. The van der Waals surface area contributed by atoms with Crippen molar-refractivity contribution in [3.63, 3.8) is 0 Å². The SMILES string of the molecule is CC(C)(CN)c1cccc2ccc(O)cc12. The number of phenolic OH excluding ortho intramolecular Hbond substituents is 1. The zero-order chi connectivity index (χ0) is 11.8. The van der Waals surface area contributed by atoms with Gasteiger partial charge < -0.3 is 10.8 Å². The number of fused-ring (bicyclic) bond motifs is 1. The lowest BCUT2D eigenvalue weighted by atomic mass is 9.82. The second kappa shape index (κ2) is 3.80. The Labute approximate surface area is 95.7 Å². The summed E-state index contributed by atoms with van der Waals surface area (Å²) in [4.78, 5) is 0. The highest BCUT2D eigenvalue weighted by Gasteiger charge is 2.20. The first-order valence-corrected chi connectivity index (χ1v) is 5.47. The Morgan fingerprint density at radius 3 is 2.62 bits per heavy atom. The van der Waals surface area contributed by atoms with Crippen LogP contribution in [-0.2, 0) is 5.41 Å². The van der Waals surface area contributed by atoms with Gasteiger partial charge in [-0.1, -0.05) is 38.1 Å². The Morgan fingerprint density at radius 2 is 1.94 bits per heavy atom. The van der Waals surface area contributed by atoms with Crippen molar-refractivity contribution in [3.05, 3.63) is 42.0 Å². The predicted molar refractivity (Wildman–Crippen MR) is 67.7 cm³/mol. The van der Waals surface area contributed by atoms with Crippen molar-refractivity contribution in [3.8, 4) is 5.75 Å². The quantitative estimate of drug-likeness (QED) is 0.809. The molecule has 0 aromatic heterocycles. The first kappa shape index (κ1) is 11.0. The minimum absolute atomic E-state index is 0.0761. The molecule has 0 atom stereocenters. The maximum atomic E-state index is 9.56. The van der Waals surface area contributed by atoms with E-state index >= 15 is 0 Å². The molecule has 0 spiro atoms. The Bertz CT molecular complexity index is 517. The molecular weight excluding hydrogens is 198 g/mol. The van der Waals surface area contributed by atoms with E-state index in [1.807, 2.05) is 24.3 Å². The fourth-order valence-corrected chi connectivity index (χ4v) is 1.96. The highest BCUT2D eigenvalue weighted by atomic mass is 16.3. The molecule has 2 aromatic carbocycles. The van der Waals surface area contributed by atoms with Gasteiger partial charge in [-0.3, -0.25) is 0 Å². The van der Waals surface area contributed by atoms with Gasteiger partial charge in [0.15, 0.2) is 0 Å². The van der Waals surface area contributed by atoms with Crippen molar-refractivity contribution in [1.82, 2.24) is 0 Å². The molecule has 0 aliphatic heterocycles. The van der Waals surface area contributed by atoms with Crippen LogP contribution in [-0.4, -0.2) is 11.7 Å². The average molecular weight is 215 g/mol. The van der Waals surface area contributed by atoms with Crippen LogP contribution in [0.15, 0.2) is 36.4 Å². The van der Waals surface area contributed by atoms with Gasteiger partial charge in [0.1, 0.15) is 5.75 Å². The fourth-order valence-electron chi connectivity index (χ4n) is 1.96. The first-order chi connectivity index (χ1) is 7.54. The van der Waals surface area contributed by atoms with Crippen LogP contribution in [0.2, 0.25) is 0 Å². The van der Waals surface area contributed by atoms with Crippen molar-refractivity contribution < 1.29 is 5.11 Å². The van der Waals surface area contributed by atoms with E-state index in [-0.39, 0.29) is 5.41 Å². The van der Waals surface area contributed by atoms with Crippen molar-refractivity contribution >= 4 is 10.8 Å². The first-order valence-electron chi connectivity index (χ1n) is 5.47. The number of nitrogens with two attached hydrogens (primary N) is 1. The normalized spacial score (nSPS) is 11.9. The van der Waals surface area contributed by atoms with Gasteiger partial charge in [0.05, 0.1) is 0 Å². The monoisotopic (exact) mass is 215 g/mol. The third kappa shape index (κ3) is 1.76. The summed E-state index contributed by atoms with van der Waals surface area (Å²) in [5.74, 6) is 0.299. The van der Waals surface area contributed by atoms with Gasteiger partial charge in [0.2, 0.25) is 0 Å². The zero-order valence-corrected chi connectivity index (χ0v) is 9.70. The van der Waals surface area contributed by atoms with Crippen molar-refractivity contribution in [2.24, 2.45) is 5.73 Å². The minimum atomic E-state index is -0.0761. The van der Waals surface area contributed by atoms with Gasteiger partial charge in [-0.2, -0.15) is 0 Å². The minimum Gasteiger partial charge on any atom is -0.508 e. The molecular formula is C14H17NO. The molecule has 2 rings (SSSR count). The van der Waals surface area contributed by atoms with Gasteiger partial charge in [0.25, 0.3) is 0 Å². The van der Waals surface area contributed by atoms with E-state index in [1.165, 1.54) is 5.56 Å². The van der Waals surface area contributed by atoms with E-state index in [0.29, 0.717) is 12.3 Å². The molecule has 0 radical (unpaired) electrons. The van der Waals surface area contributed by atoms with Gasteiger partial charge in [0, 0.05) is 12.0 Å². The Balaban J connectivity index is 2.74. The van der Waals surface area contributed by atoms with Gasteiger partial charge in [-0.15, -0.1) is 0 Å². The highest BCUT2D eigenvalue weighted by Crippen LogP contribution is 2.31. The fraction of sp³-hybridized carbons (Fsp3) is 0.286. The summed E-state index contributed by atoms with van der Waals surface area (Å²) < 4.78 is 0. The summed E-state index contributed by atoms with van der Waals surface area (Å²) in [7, 11) is 0. The zero-order valence-electron chi connectivity index (χ0n) is 9.70. The van der Waals surface area contributed by atoms with Crippen molar-refractivity contribution in [2.45, 2.75) is 19.3 Å². The summed E-state index contributed by atoms with van der Waals surface area (Å²) in [6.45, 7) is 4.82. The van der Waals surface area contributed by atoms with E-state index in [4.69, 9.17) is 5.73 Å². The lowest BCUT2D eigenvalue weighted by Crippen LogP contribution is -2.28. The van der Waals surface area contributed by atoms with Crippen molar-refractivity contribution in [2.75, 3.05) is 6.54 Å². The summed E-state index contributed by atoms with van der Waals surface area (Å²) in [6.07, 6.45) is 0. The topological polar surface area (TPSA) is 46.2 Å². The van der Waals surface area contributed by atoms with Crippen LogP contribution in [0.25, 0.3) is 10.8 Å². The molecule has 2 heteroatoms. The van der Waals surface area contributed by atoms with Crippen LogP contribution in [0.3, 0.4) is 0 Å². The molecule has 16 heavy (non-hydrogen) atoms. The van der Waals surface area contributed by atoms with Gasteiger partial charge >= 0.3 is 0 Å². The molecule has 0 unspecified atom stereocenters. The standard InChI is InChI=1S/C14H17NO/c1-14(2,9-15)13-5-3-4-10-6-7-11(16)8-12(10)13/h3-8,16H,9,15H2,1-2H3. The predicted octanol–water partition coefficient (Wildman–Crippen LogP) is 2.78. The van der Waals surface area contributed by atoms with E-state index in [1.54, 1.807) is 6.07 Å². The van der Waals surface area contributed by atoms with E-state index in [2.05, 4.69) is 19.9 Å². The second-order valence-corrected chi connectivity index (χ2v) is 4.80. The van der Waals surface area contributed by atoms with E-state index in [9.17, 15) is 5.11 Å². The summed E-state index contributed by atoms with van der Waals surface area (Å²) >= 11 is 0. The molecule has 2 nitrogen and oxygen atoms in total. The van der Waals surface area contributed by atoms with E-state index in [0.717, 1.165) is 10.8 Å². The number of hydrogen-bond acceptors (Lipinski definition) is 2. The number of rotatable bonds is 2. The molecule has 0 bridgehead atoms. The maximum absolute atomic E-state index is 9.56. The van der Waals surface area contributed by atoms with E-state index < -0.39 is 0 Å². The summed E-state index contributed by atoms with van der Waals surface area (Å²) in [5, 5.41) is 11.8. The molecule has 3 N–H and O–H groups in total. The second-order valence-electron chi connectivity index (χ2n) is 4.80. The molecule has 0 saturated heterocycles. The van der Waals surface area contributed by atoms with Crippen LogP contribution >= 0.6 is 0 Å². The summed E-state index contributed by atoms with van der Waals surface area (Å²) in [5.41, 5.74) is 6.91. The Morgan fingerprint density at radius 1 is 1.19 bits per heavy atom. The number of aromatic hydroxyl groups is 1. The molecule has 0 amide bonds. The van der Waals surface area contributed by atoms with Gasteiger partial charge in [-0.05, 0) is 28.5 Å². The molecule has 0 aliphatic rings. The van der Waals surface area contributed by atoms with Crippen LogP contribution in [0, 0.1) is 0 Å². The average Bonchev–Trinajstić information content (AvgIpc) is 2.28. The highest BCUT2D eigenvalue weighted by molar-refractivity contribution is 5.87. The lowest BCUT2D eigenvalue weighted by Gasteiger charge is -2.24. The van der Waals surface area contributed by atoms with Crippen LogP contribution < -0.4 is 5.73 Å². The molecule has 0 saturated carbocycles. The number of benzene rings is 2. The molecule has 0 aliphatic carbocycles. The lowest BCUT2D eigenvalue weighted by molar-refractivity contribution is 0.476. The van der Waals surface area contributed by atoms with Crippen LogP contribution in [0.4, 0.5) is 0 Å². The maximum Gasteiger partial charge on any atom is 0.116 e. The number of phenols is 1.